The molecule has 0 saturated carbocycles. The molecule has 3 heterocycles. The average molecular weight is 531 g/mol. The zero-order valence-corrected chi connectivity index (χ0v) is 21.1. The first-order chi connectivity index (χ1) is 16.6. The number of nitrogens with one attached hydrogen (secondary N) is 1. The predicted octanol–water partition coefficient (Wildman–Crippen LogP) is 4.93. The molecule has 0 aliphatic carbocycles. The molecule has 0 unspecified atom stereocenters. The van der Waals surface area contributed by atoms with Gasteiger partial charge in [-0.05, 0) is 50.3 Å². The second kappa shape index (κ2) is 10.4. The van der Waals surface area contributed by atoms with Gasteiger partial charge in [0.15, 0.2) is 0 Å². The number of benzene rings is 1. The maximum atomic E-state index is 13.3. The van der Waals surface area contributed by atoms with Crippen molar-refractivity contribution < 1.29 is 26.4 Å². The molecule has 2 aliphatic rings. The molecule has 7 nitrogen and oxygen atoms in total. The molecule has 1 N–H and O–H groups in total. The second-order valence-corrected chi connectivity index (χ2v) is 11.9. The molecule has 0 atom stereocenters. The maximum absolute atomic E-state index is 13.3. The number of thiazole rings is 1. The van der Waals surface area contributed by atoms with Gasteiger partial charge in [0.25, 0.3) is 5.91 Å². The smallest absolute Gasteiger partial charge is 0.370 e. The van der Waals surface area contributed by atoms with Crippen molar-refractivity contribution in [1.82, 2.24) is 9.29 Å². The van der Waals surface area contributed by atoms with E-state index in [4.69, 9.17) is 0 Å². The van der Waals surface area contributed by atoms with E-state index in [2.05, 4.69) is 10.3 Å². The fourth-order valence-electron chi connectivity index (χ4n) is 4.58. The largest absolute Gasteiger partial charge is 0.416 e. The van der Waals surface area contributed by atoms with Gasteiger partial charge >= 0.3 is 6.18 Å². The summed E-state index contributed by atoms with van der Waals surface area (Å²) in [5.41, 5.74) is 0.0194. The number of alkyl halides is 3. The van der Waals surface area contributed by atoms with E-state index in [0.29, 0.717) is 38.0 Å². The fraction of sp³-hybridized carbons (Fsp3) is 0.565. The number of carbonyl (C=O) groups excluding carboxylic acids is 1. The summed E-state index contributed by atoms with van der Waals surface area (Å²) in [7, 11) is -3.24. The SMILES string of the molecule is CCCS(=O)(=O)N1CCC(c2nc(C(=O)Nc3cc(C(F)(F)F)ccc3N3CCCC3)cs2)CC1. The van der Waals surface area contributed by atoms with E-state index in [9.17, 15) is 26.4 Å². The van der Waals surface area contributed by atoms with Gasteiger partial charge in [-0.1, -0.05) is 6.92 Å². The Balaban J connectivity index is 1.47. The van der Waals surface area contributed by atoms with Crippen molar-refractivity contribution in [3.05, 3.63) is 39.8 Å². The van der Waals surface area contributed by atoms with E-state index < -0.39 is 27.7 Å². The molecule has 1 aromatic carbocycles. The van der Waals surface area contributed by atoms with Crippen LogP contribution in [0.2, 0.25) is 0 Å². The summed E-state index contributed by atoms with van der Waals surface area (Å²) in [6, 6.07) is 3.43. The van der Waals surface area contributed by atoms with Crippen LogP contribution < -0.4 is 10.2 Å². The van der Waals surface area contributed by atoms with Crippen LogP contribution in [-0.2, 0) is 16.2 Å². The highest BCUT2D eigenvalue weighted by molar-refractivity contribution is 7.89. The Morgan fingerprint density at radius 3 is 2.49 bits per heavy atom. The molecule has 4 rings (SSSR count). The number of halogens is 3. The summed E-state index contributed by atoms with van der Waals surface area (Å²) in [6.07, 6.45) is -0.825. The van der Waals surface area contributed by atoms with Crippen LogP contribution in [0.4, 0.5) is 24.5 Å². The van der Waals surface area contributed by atoms with Crippen LogP contribution in [0.25, 0.3) is 0 Å². The van der Waals surface area contributed by atoms with Crippen LogP contribution in [-0.4, -0.2) is 55.5 Å². The van der Waals surface area contributed by atoms with Gasteiger partial charge < -0.3 is 10.2 Å². The lowest BCUT2D eigenvalue weighted by atomic mass is 9.99. The molecular formula is C23H29F3N4O3S2. The number of nitrogens with zero attached hydrogens (tertiary/aromatic N) is 3. The minimum absolute atomic E-state index is 0.0448. The minimum atomic E-state index is -4.52. The maximum Gasteiger partial charge on any atom is 0.416 e. The van der Waals surface area contributed by atoms with Gasteiger partial charge in [0, 0.05) is 37.5 Å². The lowest BCUT2D eigenvalue weighted by molar-refractivity contribution is -0.137. The van der Waals surface area contributed by atoms with Crippen LogP contribution in [0.3, 0.4) is 0 Å². The molecule has 2 saturated heterocycles. The van der Waals surface area contributed by atoms with Crippen molar-refractivity contribution in [3.8, 4) is 0 Å². The normalized spacial score (nSPS) is 18.2. The van der Waals surface area contributed by atoms with Crippen molar-refractivity contribution in [2.45, 2.75) is 51.1 Å². The summed E-state index contributed by atoms with van der Waals surface area (Å²) in [4.78, 5) is 19.4. The Morgan fingerprint density at radius 1 is 1.17 bits per heavy atom. The third kappa shape index (κ3) is 5.97. The number of sulfonamides is 1. The van der Waals surface area contributed by atoms with Crippen molar-refractivity contribution >= 4 is 38.6 Å². The Labute approximate surface area is 207 Å². The van der Waals surface area contributed by atoms with Gasteiger partial charge in [-0.2, -0.15) is 13.2 Å². The summed E-state index contributed by atoms with van der Waals surface area (Å²) >= 11 is 1.32. The van der Waals surface area contributed by atoms with Gasteiger partial charge in [-0.25, -0.2) is 17.7 Å². The number of anilines is 2. The first-order valence-corrected chi connectivity index (χ1v) is 14.3. The Kier molecular flexibility index (Phi) is 7.72. The van der Waals surface area contributed by atoms with E-state index in [-0.39, 0.29) is 23.1 Å². The van der Waals surface area contributed by atoms with Crippen LogP contribution in [0.15, 0.2) is 23.6 Å². The lowest BCUT2D eigenvalue weighted by Crippen LogP contribution is -2.39. The average Bonchev–Trinajstić information content (AvgIpc) is 3.51. The highest BCUT2D eigenvalue weighted by Crippen LogP contribution is 2.37. The molecule has 12 heteroatoms. The monoisotopic (exact) mass is 530 g/mol. The number of piperidine rings is 1. The highest BCUT2D eigenvalue weighted by Gasteiger charge is 2.33. The van der Waals surface area contributed by atoms with E-state index >= 15 is 0 Å². The standard InChI is InChI=1S/C23H29F3N4O3S2/c1-2-13-35(32,33)30-11-7-16(8-12-30)22-28-19(15-34-22)21(31)27-18-14-17(23(24,25)26)5-6-20(18)29-9-3-4-10-29/h5-6,14-16H,2-4,7-13H2,1H3,(H,27,31). The quantitative estimate of drug-likeness (QED) is 0.549. The summed E-state index contributed by atoms with van der Waals surface area (Å²) < 4.78 is 66.0. The van der Waals surface area contributed by atoms with Crippen molar-refractivity contribution in [2.24, 2.45) is 0 Å². The Hall–Kier alpha value is -2.18. The molecule has 35 heavy (non-hydrogen) atoms. The highest BCUT2D eigenvalue weighted by atomic mass is 32.2. The number of hydrogen-bond acceptors (Lipinski definition) is 6. The van der Waals surface area contributed by atoms with E-state index in [1.807, 2.05) is 11.8 Å². The molecule has 2 aliphatic heterocycles. The van der Waals surface area contributed by atoms with Crippen LogP contribution in [0.5, 0.6) is 0 Å². The van der Waals surface area contributed by atoms with Gasteiger partial charge in [-0.3, -0.25) is 4.79 Å². The van der Waals surface area contributed by atoms with Crippen molar-refractivity contribution in [2.75, 3.05) is 42.1 Å². The molecular weight excluding hydrogens is 501 g/mol. The molecule has 0 bridgehead atoms. The van der Waals surface area contributed by atoms with Gasteiger partial charge in [0.2, 0.25) is 10.0 Å². The Morgan fingerprint density at radius 2 is 1.86 bits per heavy atom. The van der Waals surface area contributed by atoms with Crippen LogP contribution in [0, 0.1) is 0 Å². The first-order valence-electron chi connectivity index (χ1n) is 11.8. The molecule has 0 radical (unpaired) electrons. The van der Waals surface area contributed by atoms with E-state index in [0.717, 1.165) is 43.1 Å². The Bertz CT molecular complexity index is 1150. The zero-order chi connectivity index (χ0) is 25.2. The molecule has 1 aromatic heterocycles. The van der Waals surface area contributed by atoms with Crippen LogP contribution >= 0.6 is 11.3 Å². The van der Waals surface area contributed by atoms with E-state index in [1.54, 1.807) is 5.38 Å². The minimum Gasteiger partial charge on any atom is -0.370 e. The predicted molar refractivity (Wildman–Crippen MR) is 131 cm³/mol. The summed E-state index contributed by atoms with van der Waals surface area (Å²) in [5, 5.41) is 5.00. The van der Waals surface area contributed by atoms with Gasteiger partial charge in [0.1, 0.15) is 5.69 Å². The molecule has 192 valence electrons. The van der Waals surface area contributed by atoms with E-state index in [1.165, 1.54) is 21.7 Å². The fourth-order valence-corrected chi connectivity index (χ4v) is 7.09. The number of amides is 1. The zero-order valence-electron chi connectivity index (χ0n) is 19.5. The first kappa shape index (κ1) is 25.9. The molecule has 2 fully saturated rings. The lowest BCUT2D eigenvalue weighted by Gasteiger charge is -2.30. The van der Waals surface area contributed by atoms with Gasteiger partial charge in [0.05, 0.1) is 27.7 Å². The molecule has 2 aromatic rings. The number of hydrogen-bond donors (Lipinski definition) is 1. The number of carbonyl (C=O) groups is 1. The third-order valence-corrected chi connectivity index (χ3v) is 9.52. The van der Waals surface area contributed by atoms with Crippen LogP contribution in [0.1, 0.15) is 66.0 Å². The number of rotatable bonds is 7. The van der Waals surface area contributed by atoms with Crippen molar-refractivity contribution in [1.29, 1.82) is 0 Å². The van der Waals surface area contributed by atoms with Crippen molar-refractivity contribution in [3.63, 3.8) is 0 Å². The van der Waals surface area contributed by atoms with Gasteiger partial charge in [-0.15, -0.1) is 11.3 Å². The number of aromatic nitrogens is 1. The third-order valence-electron chi connectivity index (χ3n) is 6.43. The molecule has 1 amide bonds. The summed E-state index contributed by atoms with van der Waals surface area (Å²) in [5.74, 6) is -0.382. The molecule has 0 spiro atoms. The summed E-state index contributed by atoms with van der Waals surface area (Å²) in [6.45, 7) is 4.11. The topological polar surface area (TPSA) is 82.6 Å². The second-order valence-electron chi connectivity index (χ2n) is 8.94.